The highest BCUT2D eigenvalue weighted by molar-refractivity contribution is 5.69. The molecule has 0 aliphatic carbocycles. The maximum absolute atomic E-state index is 11.2. The second kappa shape index (κ2) is 8.54. The van der Waals surface area contributed by atoms with Crippen molar-refractivity contribution >= 4 is 5.97 Å². The van der Waals surface area contributed by atoms with E-state index < -0.39 is 0 Å². The van der Waals surface area contributed by atoms with Gasteiger partial charge in [0.1, 0.15) is 0 Å². The molecule has 1 heterocycles. The van der Waals surface area contributed by atoms with E-state index in [0.717, 1.165) is 38.8 Å². The van der Waals surface area contributed by atoms with Gasteiger partial charge in [0.2, 0.25) is 0 Å². The van der Waals surface area contributed by atoms with Gasteiger partial charge < -0.3 is 14.4 Å². The van der Waals surface area contributed by atoms with Gasteiger partial charge in [0.15, 0.2) is 0 Å². The molecule has 0 amide bonds. The van der Waals surface area contributed by atoms with Crippen LogP contribution in [0.15, 0.2) is 0 Å². The summed E-state index contributed by atoms with van der Waals surface area (Å²) in [5.74, 6) is -0.0626. The molecule has 1 aliphatic rings. The minimum absolute atomic E-state index is 0.0309. The molecule has 4 heteroatoms. The third kappa shape index (κ3) is 6.39. The maximum atomic E-state index is 11.2. The predicted molar refractivity (Wildman–Crippen MR) is 76.2 cm³/mol. The van der Waals surface area contributed by atoms with E-state index in [2.05, 4.69) is 11.8 Å². The molecule has 1 aliphatic heterocycles. The number of hydrogen-bond donors (Lipinski definition) is 0. The van der Waals surface area contributed by atoms with Gasteiger partial charge in [-0.15, -0.1) is 0 Å². The average molecular weight is 271 g/mol. The Morgan fingerprint density at radius 3 is 2.79 bits per heavy atom. The molecule has 1 rings (SSSR count). The molecular weight excluding hydrogens is 242 g/mol. The molecule has 0 aromatic rings. The van der Waals surface area contributed by atoms with Crippen molar-refractivity contribution in [2.24, 2.45) is 0 Å². The lowest BCUT2D eigenvalue weighted by molar-refractivity contribution is -0.143. The van der Waals surface area contributed by atoms with E-state index in [9.17, 15) is 4.79 Å². The molecule has 112 valence electrons. The Balaban J connectivity index is 2.08. The van der Waals surface area contributed by atoms with Crippen molar-refractivity contribution in [2.75, 3.05) is 33.4 Å². The van der Waals surface area contributed by atoms with Gasteiger partial charge in [0.05, 0.1) is 12.2 Å². The molecule has 0 bridgehead atoms. The summed E-state index contributed by atoms with van der Waals surface area (Å²) in [4.78, 5) is 13.7. The lowest BCUT2D eigenvalue weighted by atomic mass is 9.94. The summed E-state index contributed by atoms with van der Waals surface area (Å²) in [6.45, 7) is 7.85. The Morgan fingerprint density at radius 1 is 1.32 bits per heavy atom. The van der Waals surface area contributed by atoms with Crippen LogP contribution in [0.2, 0.25) is 0 Å². The summed E-state index contributed by atoms with van der Waals surface area (Å²) in [6, 6.07) is 0. The zero-order valence-electron chi connectivity index (χ0n) is 12.7. The number of carbonyl (C=O) groups excluding carboxylic acids is 1. The number of hydrogen-bond acceptors (Lipinski definition) is 4. The summed E-state index contributed by atoms with van der Waals surface area (Å²) < 4.78 is 10.5. The fourth-order valence-electron chi connectivity index (χ4n) is 2.68. The monoisotopic (exact) mass is 271 g/mol. The van der Waals surface area contributed by atoms with E-state index in [1.54, 1.807) is 0 Å². The third-order valence-corrected chi connectivity index (χ3v) is 3.89. The second-order valence-electron chi connectivity index (χ2n) is 5.65. The number of piperidine rings is 1. The summed E-state index contributed by atoms with van der Waals surface area (Å²) in [5.41, 5.74) is 0.0309. The molecule has 1 unspecified atom stereocenters. The van der Waals surface area contributed by atoms with Crippen molar-refractivity contribution in [2.45, 2.75) is 58.0 Å². The summed E-state index contributed by atoms with van der Waals surface area (Å²) in [6.07, 6.45) is 6.12. The SMILES string of the molecule is CCOC(=O)CCCCCN1CCCC(C)(OC)C1. The number of carbonyl (C=O) groups is 1. The van der Waals surface area contributed by atoms with Crippen molar-refractivity contribution in [3.05, 3.63) is 0 Å². The molecule has 1 atom stereocenters. The van der Waals surface area contributed by atoms with Crippen molar-refractivity contribution in [1.82, 2.24) is 4.90 Å². The van der Waals surface area contributed by atoms with Gasteiger partial charge in [-0.1, -0.05) is 6.42 Å². The topological polar surface area (TPSA) is 38.8 Å². The Kier molecular flexibility index (Phi) is 7.39. The zero-order valence-corrected chi connectivity index (χ0v) is 12.7. The first-order chi connectivity index (χ1) is 9.09. The van der Waals surface area contributed by atoms with Crippen molar-refractivity contribution in [3.8, 4) is 0 Å². The van der Waals surface area contributed by atoms with E-state index in [1.165, 1.54) is 13.0 Å². The smallest absolute Gasteiger partial charge is 0.305 e. The number of likely N-dealkylation sites (tertiary alicyclic amines) is 1. The highest BCUT2D eigenvalue weighted by Crippen LogP contribution is 2.24. The summed E-state index contributed by atoms with van der Waals surface area (Å²) in [7, 11) is 1.81. The third-order valence-electron chi connectivity index (χ3n) is 3.89. The van der Waals surface area contributed by atoms with Gasteiger partial charge in [-0.3, -0.25) is 4.79 Å². The van der Waals surface area contributed by atoms with Crippen LogP contribution in [0.4, 0.5) is 0 Å². The lowest BCUT2D eigenvalue weighted by Crippen LogP contribution is -2.47. The van der Waals surface area contributed by atoms with Crippen LogP contribution in [0.3, 0.4) is 0 Å². The standard InChI is InChI=1S/C15H29NO3/c1-4-19-14(17)9-6-5-7-11-16-12-8-10-15(2,13-16)18-3/h4-13H2,1-3H3. The Morgan fingerprint density at radius 2 is 2.11 bits per heavy atom. The Labute approximate surface area is 117 Å². The number of nitrogens with zero attached hydrogens (tertiary/aromatic N) is 1. The predicted octanol–water partition coefficient (Wildman–Crippen LogP) is 2.61. The van der Waals surface area contributed by atoms with Crippen LogP contribution in [-0.2, 0) is 14.3 Å². The van der Waals surface area contributed by atoms with Crippen LogP contribution in [0, 0.1) is 0 Å². The van der Waals surface area contributed by atoms with E-state index >= 15 is 0 Å². The van der Waals surface area contributed by atoms with Crippen molar-refractivity contribution in [1.29, 1.82) is 0 Å². The number of ether oxygens (including phenoxy) is 2. The molecule has 0 aromatic heterocycles. The fourth-order valence-corrected chi connectivity index (χ4v) is 2.68. The molecule has 1 fully saturated rings. The molecule has 19 heavy (non-hydrogen) atoms. The number of methoxy groups -OCH3 is 1. The van der Waals surface area contributed by atoms with Gasteiger partial charge in [-0.05, 0) is 52.6 Å². The molecule has 4 nitrogen and oxygen atoms in total. The van der Waals surface area contributed by atoms with Gasteiger partial charge in [-0.25, -0.2) is 0 Å². The number of rotatable bonds is 8. The van der Waals surface area contributed by atoms with Crippen LogP contribution in [0.25, 0.3) is 0 Å². The first-order valence-electron chi connectivity index (χ1n) is 7.53. The van der Waals surface area contributed by atoms with Crippen LogP contribution >= 0.6 is 0 Å². The Hall–Kier alpha value is -0.610. The molecule has 0 radical (unpaired) electrons. The normalized spacial score (nSPS) is 24.4. The minimum atomic E-state index is -0.0626. The highest BCUT2D eigenvalue weighted by Gasteiger charge is 2.30. The van der Waals surface area contributed by atoms with E-state index in [1.807, 2.05) is 14.0 Å². The number of esters is 1. The van der Waals surface area contributed by atoms with Gasteiger partial charge in [0.25, 0.3) is 0 Å². The first kappa shape index (κ1) is 16.4. The molecule has 0 N–H and O–H groups in total. The fraction of sp³-hybridized carbons (Fsp3) is 0.933. The van der Waals surface area contributed by atoms with Crippen LogP contribution in [0.5, 0.6) is 0 Å². The molecule has 0 spiro atoms. The quantitative estimate of drug-likeness (QED) is 0.502. The Bertz CT molecular complexity index is 270. The van der Waals surface area contributed by atoms with Crippen molar-refractivity contribution in [3.63, 3.8) is 0 Å². The van der Waals surface area contributed by atoms with Crippen molar-refractivity contribution < 1.29 is 14.3 Å². The van der Waals surface area contributed by atoms with E-state index in [-0.39, 0.29) is 11.6 Å². The average Bonchev–Trinajstić information content (AvgIpc) is 2.39. The largest absolute Gasteiger partial charge is 0.466 e. The number of unbranched alkanes of at least 4 members (excludes halogenated alkanes) is 2. The van der Waals surface area contributed by atoms with Gasteiger partial charge >= 0.3 is 5.97 Å². The van der Waals surface area contributed by atoms with E-state index in [4.69, 9.17) is 9.47 Å². The highest BCUT2D eigenvalue weighted by atomic mass is 16.5. The molecular formula is C15H29NO3. The van der Waals surface area contributed by atoms with Crippen LogP contribution in [-0.4, -0.2) is 49.8 Å². The molecule has 0 saturated carbocycles. The summed E-state index contributed by atoms with van der Waals surface area (Å²) in [5, 5.41) is 0. The van der Waals surface area contributed by atoms with Gasteiger partial charge in [0, 0.05) is 20.1 Å². The second-order valence-corrected chi connectivity index (χ2v) is 5.65. The van der Waals surface area contributed by atoms with Gasteiger partial charge in [-0.2, -0.15) is 0 Å². The minimum Gasteiger partial charge on any atom is -0.466 e. The summed E-state index contributed by atoms with van der Waals surface area (Å²) >= 11 is 0. The van der Waals surface area contributed by atoms with Crippen LogP contribution < -0.4 is 0 Å². The maximum Gasteiger partial charge on any atom is 0.305 e. The first-order valence-corrected chi connectivity index (χ1v) is 7.53. The van der Waals surface area contributed by atoms with Crippen LogP contribution in [0.1, 0.15) is 52.4 Å². The molecule has 0 aromatic carbocycles. The molecule has 1 saturated heterocycles. The lowest BCUT2D eigenvalue weighted by Gasteiger charge is -2.39. The van der Waals surface area contributed by atoms with E-state index in [0.29, 0.717) is 13.0 Å². The zero-order chi connectivity index (χ0) is 14.1.